The Morgan fingerprint density at radius 1 is 1.36 bits per heavy atom. The number of benzene rings is 1. The fourth-order valence-electron chi connectivity index (χ4n) is 2.88. The van der Waals surface area contributed by atoms with Crippen molar-refractivity contribution in [3.05, 3.63) is 48.0 Å². The minimum absolute atomic E-state index is 0.00612. The highest BCUT2D eigenvalue weighted by molar-refractivity contribution is 7.80. The van der Waals surface area contributed by atoms with Crippen LogP contribution in [0.25, 0.3) is 0 Å². The maximum absolute atomic E-state index is 11.8. The Kier molecular flexibility index (Phi) is 6.36. The highest BCUT2D eigenvalue weighted by atomic mass is 32.3. The molecule has 152 valence electrons. The van der Waals surface area contributed by atoms with E-state index in [1.807, 2.05) is 30.3 Å². The van der Waals surface area contributed by atoms with E-state index in [2.05, 4.69) is 14.8 Å². The third-order valence-electron chi connectivity index (χ3n) is 4.11. The number of hydrogen-bond donors (Lipinski definition) is 1. The molecule has 0 amide bonds. The van der Waals surface area contributed by atoms with E-state index >= 15 is 0 Å². The van der Waals surface area contributed by atoms with Gasteiger partial charge in [-0.1, -0.05) is 30.3 Å². The molecular weight excluding hydrogens is 394 g/mol. The number of carbonyl (C=O) groups excluding carboxylic acids is 1. The van der Waals surface area contributed by atoms with Crippen molar-refractivity contribution in [1.29, 1.82) is 0 Å². The molecule has 28 heavy (non-hydrogen) atoms. The summed E-state index contributed by atoms with van der Waals surface area (Å²) in [5.74, 6) is -0.905. The first-order chi connectivity index (χ1) is 13.4. The number of ether oxygens (including phenoxy) is 3. The molecule has 0 radical (unpaired) electrons. The molecule has 12 heteroatoms. The van der Waals surface area contributed by atoms with Gasteiger partial charge in [0.05, 0.1) is 26.9 Å². The minimum atomic E-state index is -4.79. The second-order valence-electron chi connectivity index (χ2n) is 5.95. The van der Waals surface area contributed by atoms with Gasteiger partial charge in [-0.2, -0.15) is 13.5 Å². The smallest absolute Gasteiger partial charge is 0.397 e. The second-order valence-corrected chi connectivity index (χ2v) is 7.00. The molecule has 3 atom stereocenters. The van der Waals surface area contributed by atoms with E-state index in [0.29, 0.717) is 0 Å². The van der Waals surface area contributed by atoms with Gasteiger partial charge in [-0.15, -0.1) is 0 Å². The third-order valence-corrected chi connectivity index (χ3v) is 4.57. The molecule has 2 heterocycles. The van der Waals surface area contributed by atoms with Gasteiger partial charge in [0.25, 0.3) is 0 Å². The van der Waals surface area contributed by atoms with Crippen LogP contribution in [-0.4, -0.2) is 66.2 Å². The average Bonchev–Trinajstić information content (AvgIpc) is 3.28. The molecule has 1 N–H and O–H groups in total. The molecule has 1 aromatic heterocycles. The summed E-state index contributed by atoms with van der Waals surface area (Å²) in [5, 5.41) is 3.94. The lowest BCUT2D eigenvalue weighted by molar-refractivity contribution is -0.0242. The summed E-state index contributed by atoms with van der Waals surface area (Å²) in [6.07, 6.45) is -0.892. The summed E-state index contributed by atoms with van der Waals surface area (Å²) >= 11 is 0. The van der Waals surface area contributed by atoms with E-state index < -0.39 is 34.6 Å². The van der Waals surface area contributed by atoms with Gasteiger partial charge in [0.2, 0.25) is 5.82 Å². The fourth-order valence-corrected chi connectivity index (χ4v) is 3.41. The van der Waals surface area contributed by atoms with E-state index in [4.69, 9.17) is 18.2 Å². The van der Waals surface area contributed by atoms with Crippen LogP contribution in [0.2, 0.25) is 0 Å². The lowest BCUT2D eigenvalue weighted by atomic mass is 10.1. The maximum Gasteiger partial charge on any atom is 0.397 e. The van der Waals surface area contributed by atoms with Crippen molar-refractivity contribution in [3.8, 4) is 0 Å². The highest BCUT2D eigenvalue weighted by Gasteiger charge is 2.44. The van der Waals surface area contributed by atoms with Gasteiger partial charge in [0.1, 0.15) is 24.6 Å². The van der Waals surface area contributed by atoms with Crippen LogP contribution in [0.15, 0.2) is 36.7 Å². The Morgan fingerprint density at radius 2 is 2.11 bits per heavy atom. The van der Waals surface area contributed by atoms with Crippen LogP contribution in [0.3, 0.4) is 0 Å². The summed E-state index contributed by atoms with van der Waals surface area (Å²) < 4.78 is 53.6. The van der Waals surface area contributed by atoms with Crippen molar-refractivity contribution in [2.45, 2.75) is 24.9 Å². The van der Waals surface area contributed by atoms with Crippen LogP contribution in [-0.2, 0) is 35.4 Å². The Morgan fingerprint density at radius 3 is 2.79 bits per heavy atom. The Labute approximate surface area is 161 Å². The molecule has 1 aromatic carbocycles. The first-order valence-corrected chi connectivity index (χ1v) is 9.62. The Hall–Kier alpha value is -2.38. The summed E-state index contributed by atoms with van der Waals surface area (Å²) in [5.41, 5.74) is 0.925. The third kappa shape index (κ3) is 4.91. The van der Waals surface area contributed by atoms with Gasteiger partial charge >= 0.3 is 16.4 Å². The Balaban J connectivity index is 1.74. The van der Waals surface area contributed by atoms with Crippen LogP contribution >= 0.6 is 0 Å². The minimum Gasteiger partial charge on any atom is -0.463 e. The van der Waals surface area contributed by atoms with Gasteiger partial charge in [0, 0.05) is 0 Å². The molecule has 1 aliphatic heterocycles. The molecule has 1 fully saturated rings. The van der Waals surface area contributed by atoms with Crippen LogP contribution in [0, 0.1) is 0 Å². The molecule has 0 saturated carbocycles. The van der Waals surface area contributed by atoms with Crippen LogP contribution < -0.4 is 0 Å². The molecule has 1 aliphatic rings. The normalized spacial score (nSPS) is 22.3. The standard InChI is InChI=1S/C16H19N3O8S/c1-24-16(20)15-17-10-18-19(15)12-8-26-13(14(12)27-28(21,22)23)9-25-7-11-5-3-2-4-6-11/h2-6,10,12-14H,7-9H2,1H3,(H,21,22,23)/t12-,13-,14+/m1/s1. The van der Waals surface area contributed by atoms with E-state index in [-0.39, 0.29) is 25.6 Å². The van der Waals surface area contributed by atoms with Crippen molar-refractivity contribution < 1.29 is 36.2 Å². The molecule has 0 bridgehead atoms. The largest absolute Gasteiger partial charge is 0.463 e. The number of nitrogens with zero attached hydrogens (tertiary/aromatic N) is 3. The summed E-state index contributed by atoms with van der Waals surface area (Å²) in [6.45, 7) is 0.238. The predicted molar refractivity (Wildman–Crippen MR) is 92.7 cm³/mol. The zero-order chi connectivity index (χ0) is 20.1. The van der Waals surface area contributed by atoms with Crippen LogP contribution in [0.1, 0.15) is 22.2 Å². The van der Waals surface area contributed by atoms with E-state index in [1.54, 1.807) is 0 Å². The molecule has 11 nitrogen and oxygen atoms in total. The first-order valence-electron chi connectivity index (χ1n) is 8.26. The molecule has 3 rings (SSSR count). The van der Waals surface area contributed by atoms with Crippen LogP contribution in [0.4, 0.5) is 0 Å². The summed E-state index contributed by atoms with van der Waals surface area (Å²) in [4.78, 5) is 15.6. The maximum atomic E-state index is 11.8. The lowest BCUT2D eigenvalue weighted by Gasteiger charge is -2.22. The molecule has 0 spiro atoms. The van der Waals surface area contributed by atoms with Crippen molar-refractivity contribution in [3.63, 3.8) is 0 Å². The van der Waals surface area contributed by atoms with Gasteiger partial charge in [-0.05, 0) is 5.56 Å². The number of esters is 1. The quantitative estimate of drug-likeness (QED) is 0.478. The van der Waals surface area contributed by atoms with Crippen molar-refractivity contribution in [2.24, 2.45) is 0 Å². The number of methoxy groups -OCH3 is 1. The number of hydrogen-bond acceptors (Lipinski definition) is 9. The zero-order valence-electron chi connectivity index (χ0n) is 14.9. The fraction of sp³-hybridized carbons (Fsp3) is 0.438. The second kappa shape index (κ2) is 8.75. The predicted octanol–water partition coefficient (Wildman–Crippen LogP) is 0.409. The number of rotatable bonds is 8. The van der Waals surface area contributed by atoms with E-state index in [1.165, 1.54) is 7.11 Å². The number of aromatic nitrogens is 3. The molecular formula is C16H19N3O8S. The molecule has 1 saturated heterocycles. The van der Waals surface area contributed by atoms with E-state index in [9.17, 15) is 13.2 Å². The zero-order valence-corrected chi connectivity index (χ0v) is 15.7. The van der Waals surface area contributed by atoms with Gasteiger partial charge in [-0.25, -0.2) is 18.6 Å². The molecule has 0 aliphatic carbocycles. The van der Waals surface area contributed by atoms with Crippen molar-refractivity contribution in [2.75, 3.05) is 20.3 Å². The van der Waals surface area contributed by atoms with Crippen molar-refractivity contribution in [1.82, 2.24) is 14.8 Å². The van der Waals surface area contributed by atoms with Gasteiger partial charge in [-0.3, -0.25) is 4.55 Å². The summed E-state index contributed by atoms with van der Waals surface area (Å²) in [6, 6.07) is 8.52. The average molecular weight is 413 g/mol. The van der Waals surface area contributed by atoms with Gasteiger partial charge in [0.15, 0.2) is 0 Å². The monoisotopic (exact) mass is 413 g/mol. The lowest BCUT2D eigenvalue weighted by Crippen LogP contribution is -2.37. The highest BCUT2D eigenvalue weighted by Crippen LogP contribution is 2.30. The van der Waals surface area contributed by atoms with Crippen LogP contribution in [0.5, 0.6) is 0 Å². The summed E-state index contributed by atoms with van der Waals surface area (Å²) in [7, 11) is -3.61. The Bertz CT molecular complexity index is 902. The number of carbonyl (C=O) groups is 1. The molecule has 0 unspecified atom stereocenters. The first kappa shape index (κ1) is 20.4. The van der Waals surface area contributed by atoms with E-state index in [0.717, 1.165) is 16.6 Å². The topological polar surface area (TPSA) is 139 Å². The molecule has 2 aromatic rings. The SMILES string of the molecule is COC(=O)c1ncnn1[C@@H]1CO[C@H](COCc2ccccc2)[C@H]1OS(=O)(=O)O. The van der Waals surface area contributed by atoms with Gasteiger partial charge < -0.3 is 14.2 Å². The van der Waals surface area contributed by atoms with Crippen molar-refractivity contribution >= 4 is 16.4 Å².